The first kappa shape index (κ1) is 13.7. The Bertz CT molecular complexity index is 781. The number of hydrogen-bond acceptors (Lipinski definition) is 5. The Labute approximate surface area is 124 Å². The van der Waals surface area contributed by atoms with E-state index in [2.05, 4.69) is 9.72 Å². The first-order valence-corrected chi connectivity index (χ1v) is 7.19. The van der Waals surface area contributed by atoms with Gasteiger partial charge in [-0.3, -0.25) is 19.3 Å². The van der Waals surface area contributed by atoms with Crippen LogP contribution in [0.25, 0.3) is 10.9 Å². The number of aromatic amines is 1. The number of thioether (sulfide) groups is 1. The summed E-state index contributed by atoms with van der Waals surface area (Å²) in [6.45, 7) is 0. The number of nitrogens with one attached hydrogen (secondary N) is 1. The molecule has 1 N–H and O–H groups in total. The molecule has 0 aliphatic carbocycles. The van der Waals surface area contributed by atoms with E-state index in [4.69, 9.17) is 0 Å². The van der Waals surface area contributed by atoms with Gasteiger partial charge in [-0.2, -0.15) is 0 Å². The van der Waals surface area contributed by atoms with Crippen LogP contribution in [0.5, 0.6) is 0 Å². The van der Waals surface area contributed by atoms with Crippen molar-refractivity contribution in [1.82, 2.24) is 9.88 Å². The topological polar surface area (TPSA) is 79.5 Å². The van der Waals surface area contributed by atoms with E-state index in [-0.39, 0.29) is 23.5 Å². The highest BCUT2D eigenvalue weighted by molar-refractivity contribution is 8.00. The summed E-state index contributed by atoms with van der Waals surface area (Å²) in [7, 11) is 2.79. The molecule has 0 atom stereocenters. The van der Waals surface area contributed by atoms with Crippen molar-refractivity contribution in [3.05, 3.63) is 29.5 Å². The zero-order chi connectivity index (χ0) is 15.1. The number of nitrogens with zero attached hydrogens (tertiary/aromatic N) is 1. The third-order valence-corrected chi connectivity index (χ3v) is 4.46. The van der Waals surface area contributed by atoms with E-state index in [0.717, 1.165) is 15.2 Å². The van der Waals surface area contributed by atoms with Gasteiger partial charge in [-0.15, -0.1) is 11.8 Å². The molecule has 1 aromatic carbocycles. The van der Waals surface area contributed by atoms with Crippen LogP contribution in [0.2, 0.25) is 0 Å². The summed E-state index contributed by atoms with van der Waals surface area (Å²) in [5.41, 5.74) is 1.39. The predicted octanol–water partition coefficient (Wildman–Crippen LogP) is 1.66. The zero-order valence-corrected chi connectivity index (χ0v) is 12.2. The van der Waals surface area contributed by atoms with Gasteiger partial charge in [0.05, 0.1) is 29.5 Å². The molecule has 2 amide bonds. The highest BCUT2D eigenvalue weighted by atomic mass is 32.2. The van der Waals surface area contributed by atoms with Crippen LogP contribution in [0.3, 0.4) is 0 Å². The van der Waals surface area contributed by atoms with Gasteiger partial charge in [-0.05, 0) is 12.1 Å². The Balaban J connectivity index is 2.12. The SMILES string of the molecule is COC(=O)CSc1cc2c(c3[nH]ccc13)C(=O)N(C)C2=O. The van der Waals surface area contributed by atoms with Crippen LogP contribution in [-0.2, 0) is 9.53 Å². The average Bonchev–Trinajstić information content (AvgIpc) is 3.05. The monoisotopic (exact) mass is 304 g/mol. The van der Waals surface area contributed by atoms with Crippen LogP contribution >= 0.6 is 11.8 Å². The van der Waals surface area contributed by atoms with Gasteiger partial charge in [0.15, 0.2) is 0 Å². The number of esters is 1. The summed E-state index contributed by atoms with van der Waals surface area (Å²) in [5, 5.41) is 0.819. The van der Waals surface area contributed by atoms with E-state index >= 15 is 0 Å². The number of carbonyl (C=O) groups excluding carboxylic acids is 3. The molecular weight excluding hydrogens is 292 g/mol. The van der Waals surface area contributed by atoms with Crippen molar-refractivity contribution in [3.63, 3.8) is 0 Å². The fourth-order valence-electron chi connectivity index (χ4n) is 2.34. The van der Waals surface area contributed by atoms with Gasteiger partial charge in [-0.1, -0.05) is 0 Å². The maximum absolute atomic E-state index is 12.1. The van der Waals surface area contributed by atoms with E-state index in [1.54, 1.807) is 12.3 Å². The molecule has 7 heteroatoms. The van der Waals surface area contributed by atoms with Crippen molar-refractivity contribution in [2.45, 2.75) is 4.90 Å². The van der Waals surface area contributed by atoms with Gasteiger partial charge in [0.2, 0.25) is 0 Å². The Morgan fingerprint density at radius 1 is 1.38 bits per heavy atom. The van der Waals surface area contributed by atoms with Crippen LogP contribution in [0.15, 0.2) is 23.2 Å². The molecule has 0 spiro atoms. The second-order valence-corrected chi connectivity index (χ2v) is 5.61. The van der Waals surface area contributed by atoms with Crippen molar-refractivity contribution in [1.29, 1.82) is 0 Å². The zero-order valence-electron chi connectivity index (χ0n) is 11.4. The number of methoxy groups -OCH3 is 1. The lowest BCUT2D eigenvalue weighted by atomic mass is 10.1. The largest absolute Gasteiger partial charge is 0.468 e. The number of imide groups is 1. The summed E-state index contributed by atoms with van der Waals surface area (Å²) in [6, 6.07) is 3.49. The average molecular weight is 304 g/mol. The predicted molar refractivity (Wildman–Crippen MR) is 77.5 cm³/mol. The molecule has 2 heterocycles. The second-order valence-electron chi connectivity index (χ2n) is 4.60. The molecule has 0 unspecified atom stereocenters. The molecule has 2 aromatic rings. The number of carbonyl (C=O) groups is 3. The van der Waals surface area contributed by atoms with Crippen molar-refractivity contribution >= 4 is 40.4 Å². The van der Waals surface area contributed by atoms with Crippen LogP contribution in [-0.4, -0.2) is 47.6 Å². The Morgan fingerprint density at radius 2 is 2.14 bits per heavy atom. The molecule has 0 saturated heterocycles. The minimum atomic E-state index is -0.344. The molecule has 1 aromatic heterocycles. The lowest BCUT2D eigenvalue weighted by molar-refractivity contribution is -0.137. The maximum atomic E-state index is 12.1. The number of benzene rings is 1. The van der Waals surface area contributed by atoms with Crippen LogP contribution in [0.1, 0.15) is 20.7 Å². The minimum absolute atomic E-state index is 0.146. The molecule has 3 rings (SSSR count). The van der Waals surface area contributed by atoms with Crippen LogP contribution < -0.4 is 0 Å². The standard InChI is InChI=1S/C14H12N2O4S/c1-16-13(18)8-5-9(21-6-10(17)20-2)7-3-4-15-12(7)11(8)14(16)19/h3-5,15H,6H2,1-2H3. The number of rotatable bonds is 3. The molecule has 1 aliphatic rings. The molecule has 0 radical (unpaired) electrons. The van der Waals surface area contributed by atoms with Gasteiger partial charge >= 0.3 is 5.97 Å². The number of fused-ring (bicyclic) bond motifs is 3. The van der Waals surface area contributed by atoms with E-state index in [1.807, 2.05) is 6.07 Å². The quantitative estimate of drug-likeness (QED) is 0.530. The van der Waals surface area contributed by atoms with Gasteiger partial charge in [0.1, 0.15) is 0 Å². The number of aromatic nitrogens is 1. The summed E-state index contributed by atoms with van der Waals surface area (Å²) in [6.07, 6.45) is 1.71. The number of hydrogen-bond donors (Lipinski definition) is 1. The Morgan fingerprint density at radius 3 is 2.86 bits per heavy atom. The Kier molecular flexibility index (Phi) is 3.21. The summed E-state index contributed by atoms with van der Waals surface area (Å²) >= 11 is 1.28. The normalized spacial score (nSPS) is 13.9. The second kappa shape index (κ2) is 4.92. The molecule has 0 fully saturated rings. The lowest BCUT2D eigenvalue weighted by Gasteiger charge is -2.05. The van der Waals surface area contributed by atoms with Crippen molar-refractivity contribution in [2.75, 3.05) is 19.9 Å². The number of H-pyrrole nitrogens is 1. The highest BCUT2D eigenvalue weighted by Crippen LogP contribution is 2.36. The van der Waals surface area contributed by atoms with Crippen molar-refractivity contribution in [3.8, 4) is 0 Å². The molecular formula is C14H12N2O4S. The van der Waals surface area contributed by atoms with Crippen LogP contribution in [0.4, 0.5) is 0 Å². The molecule has 6 nitrogen and oxygen atoms in total. The minimum Gasteiger partial charge on any atom is -0.468 e. The van der Waals surface area contributed by atoms with Crippen LogP contribution in [0, 0.1) is 0 Å². The smallest absolute Gasteiger partial charge is 0.315 e. The first-order valence-electron chi connectivity index (χ1n) is 6.20. The maximum Gasteiger partial charge on any atom is 0.315 e. The van der Waals surface area contributed by atoms with E-state index in [0.29, 0.717) is 16.6 Å². The number of ether oxygens (including phenoxy) is 1. The van der Waals surface area contributed by atoms with Crippen molar-refractivity contribution in [2.24, 2.45) is 0 Å². The fourth-order valence-corrected chi connectivity index (χ4v) is 3.26. The lowest BCUT2D eigenvalue weighted by Crippen LogP contribution is -2.24. The van der Waals surface area contributed by atoms with Gasteiger partial charge in [0, 0.05) is 23.5 Å². The third-order valence-electron chi connectivity index (χ3n) is 3.43. The Hall–Kier alpha value is -2.28. The number of amides is 2. The van der Waals surface area contributed by atoms with Gasteiger partial charge in [0.25, 0.3) is 11.8 Å². The molecule has 0 saturated carbocycles. The summed E-state index contributed by atoms with van der Waals surface area (Å²) in [4.78, 5) is 40.4. The van der Waals surface area contributed by atoms with Gasteiger partial charge < -0.3 is 9.72 Å². The fraction of sp³-hybridized carbons (Fsp3) is 0.214. The van der Waals surface area contributed by atoms with E-state index < -0.39 is 0 Å². The van der Waals surface area contributed by atoms with E-state index in [9.17, 15) is 14.4 Å². The first-order chi connectivity index (χ1) is 10.0. The third kappa shape index (κ3) is 2.01. The summed E-state index contributed by atoms with van der Waals surface area (Å²) in [5.74, 6) is -0.838. The summed E-state index contributed by atoms with van der Waals surface area (Å²) < 4.78 is 4.62. The molecule has 0 bridgehead atoms. The van der Waals surface area contributed by atoms with Gasteiger partial charge in [-0.25, -0.2) is 0 Å². The molecule has 108 valence electrons. The highest BCUT2D eigenvalue weighted by Gasteiger charge is 2.35. The van der Waals surface area contributed by atoms with Crippen molar-refractivity contribution < 1.29 is 19.1 Å². The molecule has 1 aliphatic heterocycles. The molecule has 21 heavy (non-hydrogen) atoms. The van der Waals surface area contributed by atoms with E-state index in [1.165, 1.54) is 25.9 Å².